The molecule has 1 heterocycles. The van der Waals surface area contributed by atoms with E-state index in [-0.39, 0.29) is 6.54 Å². The molecule has 0 aliphatic carbocycles. The molecule has 0 spiro atoms. The van der Waals surface area contributed by atoms with Crippen molar-refractivity contribution in [2.24, 2.45) is 0 Å². The van der Waals surface area contributed by atoms with Crippen LogP contribution >= 0.6 is 15.9 Å². The van der Waals surface area contributed by atoms with Crippen molar-refractivity contribution in [1.82, 2.24) is 20.3 Å². The highest BCUT2D eigenvalue weighted by molar-refractivity contribution is 9.10. The molecule has 5 nitrogen and oxygen atoms in total. The number of alkyl halides is 3. The molecule has 0 fully saturated rings. The first-order chi connectivity index (χ1) is 9.82. The van der Waals surface area contributed by atoms with Crippen molar-refractivity contribution in [1.29, 1.82) is 0 Å². The first-order valence-corrected chi connectivity index (χ1v) is 6.71. The first-order valence-electron chi connectivity index (χ1n) is 5.91. The van der Waals surface area contributed by atoms with Crippen molar-refractivity contribution >= 4 is 21.8 Å². The van der Waals surface area contributed by atoms with E-state index >= 15 is 0 Å². The van der Waals surface area contributed by atoms with E-state index < -0.39 is 23.5 Å². The highest BCUT2D eigenvalue weighted by Crippen LogP contribution is 2.30. The topological polar surface area (TPSA) is 59.8 Å². The fourth-order valence-electron chi connectivity index (χ4n) is 1.58. The van der Waals surface area contributed by atoms with Crippen LogP contribution in [0.2, 0.25) is 0 Å². The molecule has 0 aliphatic rings. The van der Waals surface area contributed by atoms with Gasteiger partial charge in [0.25, 0.3) is 5.91 Å². The Morgan fingerprint density at radius 2 is 1.90 bits per heavy atom. The van der Waals surface area contributed by atoms with Gasteiger partial charge in [-0.1, -0.05) is 15.9 Å². The number of nitrogens with zero attached hydrogens (tertiary/aromatic N) is 3. The van der Waals surface area contributed by atoms with Crippen LogP contribution in [0.15, 0.2) is 28.7 Å². The summed E-state index contributed by atoms with van der Waals surface area (Å²) in [6.07, 6.45) is -4.76. The fraction of sp³-hybridized carbons (Fsp3) is 0.250. The van der Waals surface area contributed by atoms with Gasteiger partial charge in [-0.25, -0.2) is 0 Å². The Kier molecular flexibility index (Phi) is 4.31. The molecule has 2 aromatic rings. The van der Waals surface area contributed by atoms with Crippen LogP contribution in [-0.2, 0) is 6.18 Å². The lowest BCUT2D eigenvalue weighted by Gasteiger charge is -2.03. The molecule has 0 radical (unpaired) electrons. The summed E-state index contributed by atoms with van der Waals surface area (Å²) in [5, 5.41) is 9.33. The van der Waals surface area contributed by atoms with E-state index in [0.717, 1.165) is 9.27 Å². The summed E-state index contributed by atoms with van der Waals surface area (Å²) in [7, 11) is 0. The van der Waals surface area contributed by atoms with Gasteiger partial charge in [0.05, 0.1) is 5.69 Å². The molecule has 1 N–H and O–H groups in total. The van der Waals surface area contributed by atoms with Crippen LogP contribution in [0.3, 0.4) is 0 Å². The number of carbonyl (C=O) groups is 1. The van der Waals surface area contributed by atoms with Gasteiger partial charge in [0.15, 0.2) is 11.4 Å². The molecular formula is C12H10BrF3N4O. The number of hydrogen-bond donors (Lipinski definition) is 1. The average Bonchev–Trinajstić information content (AvgIpc) is 2.85. The highest BCUT2D eigenvalue weighted by Gasteiger charge is 2.40. The SMILES string of the molecule is CCNC(=O)c1nn(-c2ccc(Br)cc2)nc1C(F)(F)F. The maximum absolute atomic E-state index is 12.9. The molecule has 0 saturated heterocycles. The van der Waals surface area contributed by atoms with Crippen molar-refractivity contribution in [3.05, 3.63) is 40.1 Å². The van der Waals surface area contributed by atoms with E-state index in [9.17, 15) is 18.0 Å². The van der Waals surface area contributed by atoms with Crippen LogP contribution in [-0.4, -0.2) is 27.4 Å². The summed E-state index contributed by atoms with van der Waals surface area (Å²) < 4.78 is 39.6. The second kappa shape index (κ2) is 5.84. The summed E-state index contributed by atoms with van der Waals surface area (Å²) in [5.74, 6) is -0.909. The maximum Gasteiger partial charge on any atom is 0.437 e. The minimum absolute atomic E-state index is 0.196. The van der Waals surface area contributed by atoms with Gasteiger partial charge in [-0.15, -0.1) is 10.2 Å². The van der Waals surface area contributed by atoms with Gasteiger partial charge in [0, 0.05) is 11.0 Å². The number of aromatic nitrogens is 3. The van der Waals surface area contributed by atoms with Gasteiger partial charge in [0.1, 0.15) is 0 Å². The maximum atomic E-state index is 12.9. The third-order valence-corrected chi connectivity index (χ3v) is 3.02. The third-order valence-electron chi connectivity index (χ3n) is 2.49. The molecule has 2 rings (SSSR count). The predicted molar refractivity (Wildman–Crippen MR) is 72.1 cm³/mol. The minimum Gasteiger partial charge on any atom is -0.351 e. The molecule has 21 heavy (non-hydrogen) atoms. The number of rotatable bonds is 3. The van der Waals surface area contributed by atoms with E-state index in [1.807, 2.05) is 0 Å². The Morgan fingerprint density at radius 3 is 2.43 bits per heavy atom. The summed E-state index contributed by atoms with van der Waals surface area (Å²) in [6, 6.07) is 6.34. The van der Waals surface area contributed by atoms with Crippen molar-refractivity contribution in [3.63, 3.8) is 0 Å². The van der Waals surface area contributed by atoms with Gasteiger partial charge in [-0.2, -0.15) is 18.0 Å². The first kappa shape index (κ1) is 15.5. The summed E-state index contributed by atoms with van der Waals surface area (Å²) in [6.45, 7) is 1.80. The molecule has 0 unspecified atom stereocenters. The molecule has 112 valence electrons. The molecule has 0 bridgehead atoms. The highest BCUT2D eigenvalue weighted by atomic mass is 79.9. The van der Waals surface area contributed by atoms with E-state index in [1.165, 1.54) is 12.1 Å². The van der Waals surface area contributed by atoms with Gasteiger partial charge >= 0.3 is 6.18 Å². The number of nitrogens with one attached hydrogen (secondary N) is 1. The van der Waals surface area contributed by atoms with Gasteiger partial charge in [-0.05, 0) is 31.2 Å². The van der Waals surface area contributed by atoms with Crippen LogP contribution in [0.25, 0.3) is 5.69 Å². The molecule has 1 aromatic heterocycles. The summed E-state index contributed by atoms with van der Waals surface area (Å²) in [4.78, 5) is 12.5. The number of halogens is 4. The summed E-state index contributed by atoms with van der Waals surface area (Å²) in [5.41, 5.74) is -1.73. The van der Waals surface area contributed by atoms with Crippen LogP contribution in [0.5, 0.6) is 0 Å². The lowest BCUT2D eigenvalue weighted by atomic mass is 10.3. The second-order valence-corrected chi connectivity index (χ2v) is 4.94. The van der Waals surface area contributed by atoms with Crippen molar-refractivity contribution in [2.45, 2.75) is 13.1 Å². The molecule has 0 aliphatic heterocycles. The average molecular weight is 363 g/mol. The molecule has 9 heteroatoms. The molecule has 1 amide bonds. The Labute approximate surface area is 126 Å². The number of benzene rings is 1. The van der Waals surface area contributed by atoms with Gasteiger partial charge in [-0.3, -0.25) is 4.79 Å². The van der Waals surface area contributed by atoms with Crippen LogP contribution in [0, 0.1) is 0 Å². The fourth-order valence-corrected chi connectivity index (χ4v) is 1.85. The van der Waals surface area contributed by atoms with Crippen LogP contribution in [0.1, 0.15) is 23.1 Å². The van der Waals surface area contributed by atoms with Gasteiger partial charge in [0.2, 0.25) is 0 Å². The molecule has 0 saturated carbocycles. The standard InChI is InChI=1S/C12H10BrF3N4O/c1-2-17-11(21)9-10(12(14,15)16)19-20(18-9)8-5-3-7(13)4-6-8/h3-6H,2H2,1H3,(H,17,21). The third kappa shape index (κ3) is 3.41. The predicted octanol–water partition coefficient (Wildman–Crippen LogP) is 2.80. The van der Waals surface area contributed by atoms with Crippen LogP contribution in [0.4, 0.5) is 13.2 Å². The second-order valence-electron chi connectivity index (χ2n) is 4.02. The zero-order chi connectivity index (χ0) is 15.6. The van der Waals surface area contributed by atoms with Crippen molar-refractivity contribution < 1.29 is 18.0 Å². The summed E-state index contributed by atoms with van der Waals surface area (Å²) >= 11 is 3.22. The Morgan fingerprint density at radius 1 is 1.29 bits per heavy atom. The van der Waals surface area contributed by atoms with E-state index in [4.69, 9.17) is 0 Å². The molecule has 1 aromatic carbocycles. The zero-order valence-electron chi connectivity index (χ0n) is 10.8. The lowest BCUT2D eigenvalue weighted by Crippen LogP contribution is -2.26. The van der Waals surface area contributed by atoms with E-state index in [1.54, 1.807) is 19.1 Å². The Balaban J connectivity index is 2.50. The van der Waals surface area contributed by atoms with Gasteiger partial charge < -0.3 is 5.32 Å². The largest absolute Gasteiger partial charge is 0.437 e. The lowest BCUT2D eigenvalue weighted by molar-refractivity contribution is -0.141. The van der Waals surface area contributed by atoms with Crippen molar-refractivity contribution in [2.75, 3.05) is 6.54 Å². The molecular weight excluding hydrogens is 353 g/mol. The zero-order valence-corrected chi connectivity index (χ0v) is 12.4. The van der Waals surface area contributed by atoms with Crippen molar-refractivity contribution in [3.8, 4) is 5.69 Å². The Bertz CT molecular complexity index is 652. The van der Waals surface area contributed by atoms with Crippen LogP contribution < -0.4 is 5.32 Å². The smallest absolute Gasteiger partial charge is 0.351 e. The number of hydrogen-bond acceptors (Lipinski definition) is 3. The number of amides is 1. The molecule has 0 atom stereocenters. The van der Waals surface area contributed by atoms with E-state index in [0.29, 0.717) is 5.69 Å². The normalized spacial score (nSPS) is 11.5. The number of carbonyl (C=O) groups excluding carboxylic acids is 1. The minimum atomic E-state index is -4.76. The quantitative estimate of drug-likeness (QED) is 0.913. The Hall–Kier alpha value is -1.90. The van der Waals surface area contributed by atoms with E-state index in [2.05, 4.69) is 31.4 Å². The monoisotopic (exact) mass is 362 g/mol.